The molecule has 1 aliphatic heterocycles. The normalized spacial score (nSPS) is 26.1. The van der Waals surface area contributed by atoms with Gasteiger partial charge in [-0.15, -0.1) is 0 Å². The van der Waals surface area contributed by atoms with Gasteiger partial charge in [-0.1, -0.05) is 6.42 Å². The molecular weight excluding hydrogens is 222 g/mol. The molecule has 1 saturated carbocycles. The number of piperidine rings is 1. The van der Waals surface area contributed by atoms with E-state index in [4.69, 9.17) is 0 Å². The van der Waals surface area contributed by atoms with Crippen LogP contribution < -0.4 is 5.32 Å². The van der Waals surface area contributed by atoms with Crippen molar-refractivity contribution in [1.82, 2.24) is 10.2 Å². The van der Waals surface area contributed by atoms with Crippen molar-refractivity contribution in [3.63, 3.8) is 0 Å². The van der Waals surface area contributed by atoms with Gasteiger partial charge in [0.2, 0.25) is 0 Å². The molecule has 1 saturated heterocycles. The molecule has 1 heterocycles. The maximum absolute atomic E-state index is 12.2. The van der Waals surface area contributed by atoms with Crippen LogP contribution >= 0.6 is 0 Å². The summed E-state index contributed by atoms with van der Waals surface area (Å²) in [6, 6.07) is 1.15. The van der Waals surface area contributed by atoms with Crippen molar-refractivity contribution in [2.45, 2.75) is 57.5 Å². The van der Waals surface area contributed by atoms with Crippen molar-refractivity contribution in [2.24, 2.45) is 5.92 Å². The van der Waals surface area contributed by atoms with Crippen molar-refractivity contribution >= 4 is 0 Å². The Hall–Kier alpha value is -0.220. The highest BCUT2D eigenvalue weighted by Crippen LogP contribution is 2.30. The number of hydrogen-bond donors (Lipinski definition) is 1. The summed E-state index contributed by atoms with van der Waals surface area (Å²) >= 11 is 0. The number of halogens is 2. The first-order valence-corrected chi connectivity index (χ1v) is 6.91. The van der Waals surface area contributed by atoms with E-state index >= 15 is 0 Å². The van der Waals surface area contributed by atoms with Crippen LogP contribution in [0.25, 0.3) is 0 Å². The summed E-state index contributed by atoms with van der Waals surface area (Å²) in [6.07, 6.45) is 3.95. The van der Waals surface area contributed by atoms with Gasteiger partial charge in [-0.3, -0.25) is 4.90 Å². The van der Waals surface area contributed by atoms with Gasteiger partial charge in [0, 0.05) is 12.1 Å². The summed E-state index contributed by atoms with van der Waals surface area (Å²) in [5, 5.41) is 3.68. The van der Waals surface area contributed by atoms with Gasteiger partial charge in [-0.25, -0.2) is 8.78 Å². The van der Waals surface area contributed by atoms with Gasteiger partial charge in [-0.2, -0.15) is 0 Å². The van der Waals surface area contributed by atoms with E-state index in [0.29, 0.717) is 12.1 Å². The van der Waals surface area contributed by atoms with Crippen LogP contribution in [-0.2, 0) is 0 Å². The molecule has 2 fully saturated rings. The minimum absolute atomic E-state index is 0.0507. The Kier molecular flexibility index (Phi) is 4.74. The predicted molar refractivity (Wildman–Crippen MR) is 65.4 cm³/mol. The molecule has 2 rings (SSSR count). The molecule has 0 radical (unpaired) electrons. The molecule has 1 aliphatic carbocycles. The van der Waals surface area contributed by atoms with E-state index in [1.165, 1.54) is 19.3 Å². The van der Waals surface area contributed by atoms with Gasteiger partial charge in [0.1, 0.15) is 0 Å². The predicted octanol–water partition coefficient (Wildman–Crippen LogP) is 2.49. The minimum atomic E-state index is -2.19. The van der Waals surface area contributed by atoms with Crippen LogP contribution in [-0.4, -0.2) is 43.0 Å². The van der Waals surface area contributed by atoms with Crippen LogP contribution in [0.1, 0.15) is 39.0 Å². The van der Waals surface area contributed by atoms with Gasteiger partial charge in [0.15, 0.2) is 0 Å². The summed E-state index contributed by atoms with van der Waals surface area (Å²) in [4.78, 5) is 1.89. The second kappa shape index (κ2) is 6.10. The Morgan fingerprint density at radius 2 is 1.82 bits per heavy atom. The van der Waals surface area contributed by atoms with Crippen molar-refractivity contribution in [2.75, 3.05) is 19.6 Å². The summed E-state index contributed by atoms with van der Waals surface area (Å²) in [6.45, 7) is 3.86. The number of hydrogen-bond acceptors (Lipinski definition) is 2. The Balaban J connectivity index is 1.64. The van der Waals surface area contributed by atoms with Gasteiger partial charge in [0.05, 0.1) is 6.54 Å². The highest BCUT2D eigenvalue weighted by molar-refractivity contribution is 4.85. The molecule has 0 spiro atoms. The summed E-state index contributed by atoms with van der Waals surface area (Å²) in [5.74, 6) is 0.856. The molecule has 1 N–H and O–H groups in total. The molecule has 0 aromatic carbocycles. The van der Waals surface area contributed by atoms with Crippen LogP contribution in [0.15, 0.2) is 0 Å². The number of likely N-dealkylation sites (tertiary alicyclic amines) is 1. The first-order valence-electron chi connectivity index (χ1n) is 6.91. The first-order chi connectivity index (χ1) is 8.15. The van der Waals surface area contributed by atoms with Gasteiger partial charge in [-0.05, 0) is 51.6 Å². The monoisotopic (exact) mass is 246 g/mol. The van der Waals surface area contributed by atoms with Crippen molar-refractivity contribution in [3.8, 4) is 0 Å². The molecule has 0 aromatic heterocycles. The second-order valence-electron chi connectivity index (χ2n) is 5.61. The standard InChI is InChI=1S/C13H24F2N2/c1-10(11-3-2-4-11)16-12-5-7-17(8-6-12)9-13(14)15/h10-13,16H,2-9H2,1H3/t10-/m0/s1. The SMILES string of the molecule is C[C@H](NC1CCN(CC(F)F)CC1)C1CCC1. The highest BCUT2D eigenvalue weighted by Gasteiger charge is 2.27. The van der Waals surface area contributed by atoms with E-state index in [1.54, 1.807) is 0 Å². The molecule has 0 unspecified atom stereocenters. The topological polar surface area (TPSA) is 15.3 Å². The largest absolute Gasteiger partial charge is 0.311 e. The Morgan fingerprint density at radius 3 is 2.29 bits per heavy atom. The summed E-state index contributed by atoms with van der Waals surface area (Å²) < 4.78 is 24.5. The third-order valence-electron chi connectivity index (χ3n) is 4.34. The smallest absolute Gasteiger partial charge is 0.251 e. The molecule has 2 aliphatic rings. The molecule has 100 valence electrons. The molecule has 0 bridgehead atoms. The van der Waals surface area contributed by atoms with E-state index < -0.39 is 6.43 Å². The lowest BCUT2D eigenvalue weighted by atomic mass is 9.80. The number of nitrogens with zero attached hydrogens (tertiary/aromatic N) is 1. The molecule has 0 aromatic rings. The van der Waals surface area contributed by atoms with Gasteiger partial charge >= 0.3 is 0 Å². The summed E-state index contributed by atoms with van der Waals surface area (Å²) in [7, 11) is 0. The van der Waals surface area contributed by atoms with Crippen LogP contribution in [0.2, 0.25) is 0 Å². The van der Waals surface area contributed by atoms with Crippen molar-refractivity contribution in [3.05, 3.63) is 0 Å². The second-order valence-corrected chi connectivity index (χ2v) is 5.61. The minimum Gasteiger partial charge on any atom is -0.311 e. The maximum Gasteiger partial charge on any atom is 0.251 e. The van der Waals surface area contributed by atoms with Gasteiger partial charge < -0.3 is 5.32 Å². The fourth-order valence-corrected chi connectivity index (χ4v) is 2.93. The maximum atomic E-state index is 12.2. The Bertz CT molecular complexity index is 223. The fraction of sp³-hybridized carbons (Fsp3) is 1.00. The van der Waals surface area contributed by atoms with Gasteiger partial charge in [0.25, 0.3) is 6.43 Å². The molecule has 4 heteroatoms. The fourth-order valence-electron chi connectivity index (χ4n) is 2.93. The zero-order valence-corrected chi connectivity index (χ0v) is 10.7. The molecule has 17 heavy (non-hydrogen) atoms. The molecular formula is C13H24F2N2. The van der Waals surface area contributed by atoms with Crippen molar-refractivity contribution < 1.29 is 8.78 Å². The third-order valence-corrected chi connectivity index (χ3v) is 4.34. The number of alkyl halides is 2. The average Bonchev–Trinajstić information content (AvgIpc) is 2.17. The van der Waals surface area contributed by atoms with E-state index in [-0.39, 0.29) is 6.54 Å². The quantitative estimate of drug-likeness (QED) is 0.802. The van der Waals surface area contributed by atoms with E-state index in [0.717, 1.165) is 31.8 Å². The zero-order chi connectivity index (χ0) is 12.3. The molecule has 1 atom stereocenters. The lowest BCUT2D eigenvalue weighted by Gasteiger charge is -2.38. The Labute approximate surface area is 103 Å². The molecule has 0 amide bonds. The van der Waals surface area contributed by atoms with Crippen LogP contribution in [0, 0.1) is 5.92 Å². The van der Waals surface area contributed by atoms with E-state index in [1.807, 2.05) is 4.90 Å². The first kappa shape index (κ1) is 13.2. The van der Waals surface area contributed by atoms with E-state index in [2.05, 4.69) is 12.2 Å². The van der Waals surface area contributed by atoms with Crippen molar-refractivity contribution in [1.29, 1.82) is 0 Å². The molecule has 2 nitrogen and oxygen atoms in total. The third kappa shape index (κ3) is 3.88. The van der Waals surface area contributed by atoms with Crippen LogP contribution in [0.5, 0.6) is 0 Å². The lowest BCUT2D eigenvalue weighted by molar-refractivity contribution is 0.0703. The van der Waals surface area contributed by atoms with Crippen LogP contribution in [0.3, 0.4) is 0 Å². The lowest BCUT2D eigenvalue weighted by Crippen LogP contribution is -2.49. The number of nitrogens with one attached hydrogen (secondary N) is 1. The summed E-state index contributed by atoms with van der Waals surface area (Å²) in [5.41, 5.74) is 0. The van der Waals surface area contributed by atoms with Crippen LogP contribution in [0.4, 0.5) is 8.78 Å². The highest BCUT2D eigenvalue weighted by atomic mass is 19.3. The Morgan fingerprint density at radius 1 is 1.18 bits per heavy atom. The zero-order valence-electron chi connectivity index (χ0n) is 10.7. The number of rotatable bonds is 5. The average molecular weight is 246 g/mol. The van der Waals surface area contributed by atoms with E-state index in [9.17, 15) is 8.78 Å².